The van der Waals surface area contributed by atoms with E-state index in [2.05, 4.69) is 6.92 Å². The van der Waals surface area contributed by atoms with Crippen LogP contribution >= 0.6 is 0 Å². The maximum Gasteiger partial charge on any atom is 2.00 e. The Morgan fingerprint density at radius 1 is 0.750 bits per heavy atom. The maximum absolute atomic E-state index is 11.2. The molecule has 0 spiro atoms. The molecule has 142 valence electrons. The van der Waals surface area contributed by atoms with Gasteiger partial charge >= 0.3 is 29.0 Å². The first-order chi connectivity index (χ1) is 11.3. The van der Waals surface area contributed by atoms with Crippen LogP contribution in [0.15, 0.2) is 0 Å². The topological polar surface area (TPSA) is 46.5 Å². The zero-order valence-corrected chi connectivity index (χ0v) is 17.6. The van der Waals surface area contributed by atoms with E-state index in [0.29, 0.717) is 6.42 Å². The van der Waals surface area contributed by atoms with Gasteiger partial charge in [-0.25, -0.2) is 0 Å². The zero-order chi connectivity index (χ0) is 17.0. The molecule has 0 aromatic rings. The van der Waals surface area contributed by atoms with Crippen LogP contribution in [0.2, 0.25) is 0 Å². The van der Waals surface area contributed by atoms with E-state index >= 15 is 0 Å². The Kier molecular flexibility index (Phi) is 25.5. The van der Waals surface area contributed by atoms with Crippen molar-refractivity contribution in [2.45, 2.75) is 110 Å². The number of carbonyl (C=O) groups excluding carboxylic acids is 1. The van der Waals surface area contributed by atoms with Gasteiger partial charge in [0.15, 0.2) is 0 Å². The summed E-state index contributed by atoms with van der Waals surface area (Å²) in [7, 11) is 0. The van der Waals surface area contributed by atoms with Gasteiger partial charge in [0.25, 0.3) is 0 Å². The Hall–Kier alpha value is 0.196. The van der Waals surface area contributed by atoms with Crippen LogP contribution in [0, 0.1) is 0 Å². The summed E-state index contributed by atoms with van der Waals surface area (Å²) in [5.41, 5.74) is 0. The van der Waals surface area contributed by atoms with E-state index in [1.807, 2.05) is 0 Å². The van der Waals surface area contributed by atoms with Crippen molar-refractivity contribution in [2.75, 3.05) is 13.2 Å². The van der Waals surface area contributed by atoms with Crippen LogP contribution in [-0.2, 0) is 9.53 Å². The van der Waals surface area contributed by atoms with Crippen molar-refractivity contribution >= 4 is 29.0 Å². The third-order valence-electron chi connectivity index (χ3n) is 4.34. The molecule has 0 aliphatic rings. The molecule has 0 saturated carbocycles. The Morgan fingerprint density at radius 2 is 1.12 bits per heavy atom. The fourth-order valence-electron chi connectivity index (χ4n) is 2.87. The van der Waals surface area contributed by atoms with Gasteiger partial charge in [0.2, 0.25) is 0 Å². The smallest absolute Gasteiger partial charge is 1.00 e. The van der Waals surface area contributed by atoms with Gasteiger partial charge in [-0.1, -0.05) is 96.8 Å². The van der Waals surface area contributed by atoms with Gasteiger partial charge in [-0.15, -0.1) is 0 Å². The molecule has 0 aliphatic heterocycles. The molecular formula is C20H42MgO3. The largest absolute Gasteiger partial charge is 2.00 e. The summed E-state index contributed by atoms with van der Waals surface area (Å²) >= 11 is 0. The number of unbranched alkanes of at least 4 members (excludes halogenated alkanes) is 14. The predicted molar refractivity (Wildman–Crippen MR) is 106 cm³/mol. The minimum atomic E-state index is -0.172. The van der Waals surface area contributed by atoms with Gasteiger partial charge in [0.1, 0.15) is 6.61 Å². The van der Waals surface area contributed by atoms with Crippen LogP contribution in [0.25, 0.3) is 0 Å². The number of carbonyl (C=O) groups is 1. The summed E-state index contributed by atoms with van der Waals surface area (Å²) in [6.07, 6.45) is 20.4. The minimum Gasteiger partial charge on any atom is -1.00 e. The molecule has 0 fully saturated rings. The van der Waals surface area contributed by atoms with E-state index in [0.717, 1.165) is 12.8 Å². The van der Waals surface area contributed by atoms with E-state index in [9.17, 15) is 4.79 Å². The van der Waals surface area contributed by atoms with Gasteiger partial charge in [-0.05, 0) is 6.42 Å². The predicted octanol–water partition coefficient (Wildman–Crippen LogP) is 5.63. The van der Waals surface area contributed by atoms with Crippen molar-refractivity contribution in [3.05, 3.63) is 0 Å². The monoisotopic (exact) mass is 354 g/mol. The number of aliphatic hydroxyl groups is 1. The Morgan fingerprint density at radius 3 is 1.50 bits per heavy atom. The van der Waals surface area contributed by atoms with E-state index < -0.39 is 0 Å². The Labute approximate surface area is 169 Å². The van der Waals surface area contributed by atoms with Crippen LogP contribution in [0.4, 0.5) is 0 Å². The number of hydrogen-bond donors (Lipinski definition) is 1. The van der Waals surface area contributed by atoms with Gasteiger partial charge in [-0.2, -0.15) is 0 Å². The van der Waals surface area contributed by atoms with Crippen LogP contribution in [0.5, 0.6) is 0 Å². The Balaban J connectivity index is -0.000000807. The zero-order valence-electron chi connectivity index (χ0n) is 18.2. The van der Waals surface area contributed by atoms with Crippen LogP contribution in [0.1, 0.15) is 113 Å². The molecule has 0 aliphatic carbocycles. The summed E-state index contributed by atoms with van der Waals surface area (Å²) in [4.78, 5) is 11.2. The molecule has 0 heterocycles. The standard InChI is InChI=1S/C20H40O3.Mg.2H/c1-2-3-4-5-6-7-8-9-10-11-12-13-14-15-16-17-20(22)23-19-18-21;;;/h21H,2-19H2,1H3;;;/q;+2;2*-1. The van der Waals surface area contributed by atoms with Crippen molar-refractivity contribution in [1.82, 2.24) is 0 Å². The van der Waals surface area contributed by atoms with Gasteiger partial charge in [-0.3, -0.25) is 4.79 Å². The molecule has 0 unspecified atom stereocenters. The molecule has 4 heteroatoms. The molecule has 0 amide bonds. The van der Waals surface area contributed by atoms with Crippen molar-refractivity contribution < 1.29 is 17.5 Å². The third kappa shape index (κ3) is 22.2. The van der Waals surface area contributed by atoms with Gasteiger partial charge in [0, 0.05) is 6.42 Å². The average molecular weight is 355 g/mol. The summed E-state index contributed by atoms with van der Waals surface area (Å²) in [5.74, 6) is -0.172. The second-order valence-corrected chi connectivity index (χ2v) is 6.64. The Bertz CT molecular complexity index is 257. The van der Waals surface area contributed by atoms with Crippen molar-refractivity contribution in [2.24, 2.45) is 0 Å². The first-order valence-corrected chi connectivity index (χ1v) is 10.1. The second-order valence-electron chi connectivity index (χ2n) is 6.64. The number of rotatable bonds is 18. The van der Waals surface area contributed by atoms with E-state index in [1.54, 1.807) is 0 Å². The molecule has 24 heavy (non-hydrogen) atoms. The van der Waals surface area contributed by atoms with E-state index in [4.69, 9.17) is 9.84 Å². The molecule has 0 aromatic carbocycles. The molecule has 0 rings (SSSR count). The third-order valence-corrected chi connectivity index (χ3v) is 4.34. The number of aliphatic hydroxyl groups excluding tert-OH is 1. The SMILES string of the molecule is CCCCCCCCCCCCCCCCCC(=O)OCCO.[H-].[H-].[Mg+2]. The summed E-state index contributed by atoms with van der Waals surface area (Å²) in [5, 5.41) is 8.54. The van der Waals surface area contributed by atoms with E-state index in [-0.39, 0.29) is 45.1 Å². The molecule has 0 radical (unpaired) electrons. The first-order valence-electron chi connectivity index (χ1n) is 10.1. The molecule has 3 nitrogen and oxygen atoms in total. The summed E-state index contributed by atoms with van der Waals surface area (Å²) in [6.45, 7) is 2.33. The summed E-state index contributed by atoms with van der Waals surface area (Å²) in [6, 6.07) is 0. The molecule has 0 saturated heterocycles. The maximum atomic E-state index is 11.2. The molecule has 0 atom stereocenters. The molecular weight excluding hydrogens is 313 g/mol. The van der Waals surface area contributed by atoms with Crippen molar-refractivity contribution in [1.29, 1.82) is 0 Å². The van der Waals surface area contributed by atoms with Crippen LogP contribution in [0.3, 0.4) is 0 Å². The molecule has 0 bridgehead atoms. The quantitative estimate of drug-likeness (QED) is 0.197. The molecule has 1 N–H and O–H groups in total. The number of esters is 1. The minimum absolute atomic E-state index is 0. The fraction of sp³-hybridized carbons (Fsp3) is 0.950. The fourth-order valence-corrected chi connectivity index (χ4v) is 2.87. The second kappa shape index (κ2) is 23.2. The number of hydrogen-bond acceptors (Lipinski definition) is 3. The summed E-state index contributed by atoms with van der Waals surface area (Å²) < 4.78 is 4.82. The van der Waals surface area contributed by atoms with Crippen LogP contribution in [-0.4, -0.2) is 47.3 Å². The first kappa shape index (κ1) is 26.4. The van der Waals surface area contributed by atoms with E-state index in [1.165, 1.54) is 83.5 Å². The van der Waals surface area contributed by atoms with Crippen LogP contribution < -0.4 is 0 Å². The number of ether oxygens (including phenoxy) is 1. The average Bonchev–Trinajstić information content (AvgIpc) is 2.56. The molecule has 0 aromatic heterocycles. The van der Waals surface area contributed by atoms with Crippen molar-refractivity contribution in [3.63, 3.8) is 0 Å². The van der Waals surface area contributed by atoms with Gasteiger partial charge < -0.3 is 12.7 Å². The van der Waals surface area contributed by atoms with Crippen molar-refractivity contribution in [3.8, 4) is 0 Å². The normalized spacial score (nSPS) is 10.4. The van der Waals surface area contributed by atoms with Gasteiger partial charge in [0.05, 0.1) is 6.61 Å².